The molecule has 12 aromatic rings. The molecule has 0 aliphatic heterocycles. The average molecular weight is 1230 g/mol. The monoisotopic (exact) mass is 1230 g/mol. The first-order valence-electron chi connectivity index (χ1n) is 31.9. The molecule has 3 aliphatic carbocycles. The van der Waals surface area contributed by atoms with Crippen molar-refractivity contribution in [2.45, 2.75) is 97.3 Å². The highest BCUT2D eigenvalue weighted by molar-refractivity contribution is 9.10. The molecule has 90 heavy (non-hydrogen) atoms. The van der Waals surface area contributed by atoms with Gasteiger partial charge in [0.05, 0.1) is 0 Å². The standard InChI is InChI=1S/C51H45N.C21H21N.C15H13Br/c1-33(2)44-30-37(36-22-20-35(21-23-36)34-14-8-7-9-15-34)24-29-49(44)52(38-25-27-42-40-16-10-12-18-45(40)50(3,4)47(42)31-38)39-26-28-43-41-17-11-13-19-46(41)51(5,6)48(43)32-39;1-15(2)20-14-19(12-13-21(20)22)18-10-8-17(9-11-18)16-6-4-3-5-7-16;1-15(2)13-6-4-3-5-11(13)12-8-7-10(16)9-14(12)15/h7-33H,1-6H3;3-15H,22H2,1-2H3;3-9H,1-2H3. The van der Waals surface area contributed by atoms with Crippen LogP contribution in [0.15, 0.2) is 277 Å². The van der Waals surface area contributed by atoms with Crippen LogP contribution in [0.3, 0.4) is 0 Å². The average Bonchev–Trinajstić information content (AvgIpc) is 1.57. The molecule has 0 unspecified atom stereocenters. The van der Waals surface area contributed by atoms with E-state index >= 15 is 0 Å². The fraction of sp³-hybridized carbons (Fsp3) is 0.172. The zero-order valence-electron chi connectivity index (χ0n) is 53.5. The lowest BCUT2D eigenvalue weighted by atomic mass is 9.82. The van der Waals surface area contributed by atoms with E-state index < -0.39 is 0 Å². The predicted octanol–water partition coefficient (Wildman–Crippen LogP) is 24.7. The summed E-state index contributed by atoms with van der Waals surface area (Å²) in [6.07, 6.45) is 0. The van der Waals surface area contributed by atoms with Crippen LogP contribution >= 0.6 is 15.9 Å². The van der Waals surface area contributed by atoms with Crippen molar-refractivity contribution >= 4 is 38.7 Å². The van der Waals surface area contributed by atoms with Gasteiger partial charge >= 0.3 is 0 Å². The molecule has 0 saturated heterocycles. The van der Waals surface area contributed by atoms with E-state index in [1.54, 1.807) is 0 Å². The second-order valence-electron chi connectivity index (χ2n) is 26.8. The van der Waals surface area contributed by atoms with Gasteiger partial charge in [0, 0.05) is 43.5 Å². The van der Waals surface area contributed by atoms with Crippen molar-refractivity contribution in [2.75, 3.05) is 10.6 Å². The van der Waals surface area contributed by atoms with Gasteiger partial charge in [0.2, 0.25) is 0 Å². The van der Waals surface area contributed by atoms with Gasteiger partial charge in [-0.15, -0.1) is 0 Å². The second-order valence-corrected chi connectivity index (χ2v) is 27.7. The van der Waals surface area contributed by atoms with Gasteiger partial charge in [-0.05, 0) is 195 Å². The quantitative estimate of drug-likeness (QED) is 0.146. The third kappa shape index (κ3) is 10.9. The third-order valence-corrected chi connectivity index (χ3v) is 19.9. The Labute approximate surface area is 542 Å². The molecule has 0 amide bonds. The first-order chi connectivity index (χ1) is 43.4. The molecular formula is C87H79BrN2. The summed E-state index contributed by atoms with van der Waals surface area (Å²) in [6.45, 7) is 23.1. The molecule has 2 nitrogen and oxygen atoms in total. The van der Waals surface area contributed by atoms with Gasteiger partial charge in [0.15, 0.2) is 0 Å². The Morgan fingerprint density at radius 2 is 0.600 bits per heavy atom. The van der Waals surface area contributed by atoms with Gasteiger partial charge in [-0.25, -0.2) is 0 Å². The van der Waals surface area contributed by atoms with Gasteiger partial charge in [-0.3, -0.25) is 0 Å². The maximum Gasteiger partial charge on any atom is 0.0496 e. The summed E-state index contributed by atoms with van der Waals surface area (Å²) in [5.74, 6) is 0.745. The summed E-state index contributed by atoms with van der Waals surface area (Å²) in [6, 6.07) is 99.6. The number of halogens is 1. The highest BCUT2D eigenvalue weighted by Crippen LogP contribution is 2.54. The number of nitrogens with zero attached hydrogens (tertiary/aromatic N) is 1. The third-order valence-electron chi connectivity index (χ3n) is 19.4. The van der Waals surface area contributed by atoms with Crippen LogP contribution in [0, 0.1) is 0 Å². The molecule has 0 heterocycles. The van der Waals surface area contributed by atoms with Crippen molar-refractivity contribution in [1.29, 1.82) is 0 Å². The molecule has 2 N–H and O–H groups in total. The summed E-state index contributed by atoms with van der Waals surface area (Å²) < 4.78 is 1.16. The Kier molecular flexibility index (Phi) is 15.9. The van der Waals surface area contributed by atoms with E-state index in [1.807, 2.05) is 12.1 Å². The van der Waals surface area contributed by atoms with Crippen molar-refractivity contribution in [2.24, 2.45) is 0 Å². The maximum absolute atomic E-state index is 6.07. The lowest BCUT2D eigenvalue weighted by Gasteiger charge is -2.32. The number of anilines is 4. The van der Waals surface area contributed by atoms with E-state index in [4.69, 9.17) is 5.73 Å². The van der Waals surface area contributed by atoms with Crippen LogP contribution in [-0.4, -0.2) is 0 Å². The van der Waals surface area contributed by atoms with Gasteiger partial charge in [-0.1, -0.05) is 297 Å². The van der Waals surface area contributed by atoms with E-state index in [9.17, 15) is 0 Å². The fourth-order valence-corrected chi connectivity index (χ4v) is 14.8. The second kappa shape index (κ2) is 23.9. The molecule has 0 spiro atoms. The topological polar surface area (TPSA) is 29.3 Å². The molecule has 15 rings (SSSR count). The van der Waals surface area contributed by atoms with Crippen LogP contribution in [-0.2, 0) is 16.2 Å². The van der Waals surface area contributed by atoms with Gasteiger partial charge in [-0.2, -0.15) is 0 Å². The number of hydrogen-bond donors (Lipinski definition) is 1. The summed E-state index contributed by atoms with van der Waals surface area (Å²) in [7, 11) is 0. The Balaban J connectivity index is 0.000000158. The van der Waals surface area contributed by atoms with Crippen LogP contribution < -0.4 is 10.6 Å². The summed E-state index contributed by atoms with van der Waals surface area (Å²) in [4.78, 5) is 2.52. The van der Waals surface area contributed by atoms with E-state index in [-0.39, 0.29) is 16.2 Å². The smallest absolute Gasteiger partial charge is 0.0496 e. The molecule has 444 valence electrons. The molecule has 0 fully saturated rings. The SMILES string of the molecule is CC(C)c1cc(-c2ccc(-c3ccccc3)cc2)ccc1N.CC(C)c1cc(-c2ccc(-c3ccccc3)cc2)ccc1N(c1ccc2c(c1)C(C)(C)c1ccccc1-2)c1ccc2c(c1)C(C)(C)c1ccccc1-2.CC1(C)c2ccccc2-c2ccc(Br)cc21. The normalized spacial score (nSPS) is 13.8. The van der Waals surface area contributed by atoms with Crippen molar-refractivity contribution in [3.63, 3.8) is 0 Å². The van der Waals surface area contributed by atoms with Gasteiger partial charge < -0.3 is 10.6 Å². The Hall–Kier alpha value is -9.28. The molecule has 3 heteroatoms. The van der Waals surface area contributed by atoms with E-state index in [0.29, 0.717) is 11.8 Å². The number of hydrogen-bond acceptors (Lipinski definition) is 2. The largest absolute Gasteiger partial charge is 0.398 e. The minimum atomic E-state index is -0.0914. The summed E-state index contributed by atoms with van der Waals surface area (Å²) in [5.41, 5.74) is 39.5. The van der Waals surface area contributed by atoms with Crippen molar-refractivity contribution in [3.8, 4) is 77.9 Å². The number of rotatable bonds is 9. The molecular weight excluding hydrogens is 1150 g/mol. The van der Waals surface area contributed by atoms with E-state index in [2.05, 4.69) is 351 Å². The predicted molar refractivity (Wildman–Crippen MR) is 389 cm³/mol. The Morgan fingerprint density at radius 3 is 1.01 bits per heavy atom. The lowest BCUT2D eigenvalue weighted by molar-refractivity contribution is 0.659. The summed E-state index contributed by atoms with van der Waals surface area (Å²) in [5, 5.41) is 0. The Bertz CT molecular complexity index is 4520. The molecule has 0 bridgehead atoms. The van der Waals surface area contributed by atoms with Crippen LogP contribution in [0.25, 0.3) is 77.9 Å². The molecule has 3 aliphatic rings. The number of nitrogens with two attached hydrogens (primary N) is 1. The molecule has 0 saturated carbocycles. The van der Waals surface area contributed by atoms with E-state index in [1.165, 1.54) is 139 Å². The van der Waals surface area contributed by atoms with E-state index in [0.717, 1.165) is 10.2 Å². The van der Waals surface area contributed by atoms with Gasteiger partial charge in [0.25, 0.3) is 0 Å². The molecule has 12 aromatic carbocycles. The fourth-order valence-electron chi connectivity index (χ4n) is 14.4. The zero-order chi connectivity index (χ0) is 62.6. The van der Waals surface area contributed by atoms with Gasteiger partial charge in [0.1, 0.15) is 0 Å². The van der Waals surface area contributed by atoms with Crippen molar-refractivity contribution in [3.05, 3.63) is 322 Å². The Morgan fingerprint density at radius 1 is 0.289 bits per heavy atom. The van der Waals surface area contributed by atoms with Crippen molar-refractivity contribution in [1.82, 2.24) is 0 Å². The number of nitrogen functional groups attached to an aromatic ring is 1. The molecule has 0 atom stereocenters. The number of benzene rings is 12. The first-order valence-corrected chi connectivity index (χ1v) is 32.7. The number of fused-ring (bicyclic) bond motifs is 9. The maximum atomic E-state index is 6.07. The highest BCUT2D eigenvalue weighted by Gasteiger charge is 2.39. The minimum absolute atomic E-state index is 0.0914. The van der Waals surface area contributed by atoms with Crippen LogP contribution in [0.5, 0.6) is 0 Å². The minimum Gasteiger partial charge on any atom is -0.398 e. The summed E-state index contributed by atoms with van der Waals surface area (Å²) >= 11 is 3.56. The van der Waals surface area contributed by atoms with Crippen LogP contribution in [0.4, 0.5) is 22.7 Å². The first kappa shape index (κ1) is 59.7. The molecule has 0 aromatic heterocycles. The van der Waals surface area contributed by atoms with Crippen molar-refractivity contribution < 1.29 is 0 Å². The van der Waals surface area contributed by atoms with Crippen LogP contribution in [0.2, 0.25) is 0 Å². The highest BCUT2D eigenvalue weighted by atomic mass is 79.9. The van der Waals surface area contributed by atoms with Crippen LogP contribution in [0.1, 0.15) is 126 Å². The molecule has 0 radical (unpaired) electrons. The zero-order valence-corrected chi connectivity index (χ0v) is 55.1. The lowest BCUT2D eigenvalue weighted by Crippen LogP contribution is -2.18.